The van der Waals surface area contributed by atoms with E-state index in [0.29, 0.717) is 17.0 Å². The fraction of sp³-hybridized carbons (Fsp3) is 0.600. The van der Waals surface area contributed by atoms with E-state index in [4.69, 9.17) is 5.11 Å². The number of aliphatic hydroxyl groups is 1. The minimum Gasteiger partial charge on any atom is -0.479 e. The number of rotatable bonds is 6. The lowest BCUT2D eigenvalue weighted by molar-refractivity contribution is -0.155. The molecule has 1 aromatic rings. The standard InChI is InChI=1S/C10H15N3O4S/c1-3-4-6-7(18-13-12-6)8(14)11-5-10(2,17)9(15)16/h17H,3-5H2,1-2H3,(H,11,14)(H,15,16). The highest BCUT2D eigenvalue weighted by molar-refractivity contribution is 7.08. The fourth-order valence-electron chi connectivity index (χ4n) is 1.19. The van der Waals surface area contributed by atoms with Gasteiger partial charge in [0.1, 0.15) is 4.88 Å². The molecular formula is C10H15N3O4S. The number of aryl methyl sites for hydroxylation is 1. The molecule has 1 amide bonds. The molecule has 0 saturated carbocycles. The van der Waals surface area contributed by atoms with Crippen molar-refractivity contribution < 1.29 is 19.8 Å². The molecule has 1 atom stereocenters. The van der Waals surface area contributed by atoms with Crippen molar-refractivity contribution in [2.45, 2.75) is 32.3 Å². The predicted octanol–water partition coefficient (Wildman–Crippen LogP) is 0.0560. The van der Waals surface area contributed by atoms with E-state index in [-0.39, 0.29) is 6.54 Å². The third kappa shape index (κ3) is 3.47. The number of hydrogen-bond donors (Lipinski definition) is 3. The van der Waals surface area contributed by atoms with Crippen LogP contribution in [0, 0.1) is 0 Å². The van der Waals surface area contributed by atoms with Gasteiger partial charge in [-0.1, -0.05) is 17.8 Å². The molecule has 0 aliphatic carbocycles. The molecule has 7 nitrogen and oxygen atoms in total. The van der Waals surface area contributed by atoms with E-state index < -0.39 is 17.5 Å². The highest BCUT2D eigenvalue weighted by Crippen LogP contribution is 2.12. The molecule has 1 heterocycles. The van der Waals surface area contributed by atoms with Crippen LogP contribution in [-0.2, 0) is 11.2 Å². The van der Waals surface area contributed by atoms with Gasteiger partial charge in [0.25, 0.3) is 5.91 Å². The average Bonchev–Trinajstić information content (AvgIpc) is 2.74. The zero-order valence-corrected chi connectivity index (χ0v) is 11.0. The van der Waals surface area contributed by atoms with E-state index in [0.717, 1.165) is 24.9 Å². The summed E-state index contributed by atoms with van der Waals surface area (Å²) in [6.45, 7) is 2.70. The summed E-state index contributed by atoms with van der Waals surface area (Å²) in [5.74, 6) is -1.85. The summed E-state index contributed by atoms with van der Waals surface area (Å²) in [6.07, 6.45) is 1.47. The van der Waals surface area contributed by atoms with Crippen LogP contribution in [0.25, 0.3) is 0 Å². The molecule has 0 aliphatic rings. The van der Waals surface area contributed by atoms with Gasteiger partial charge in [-0.05, 0) is 24.9 Å². The Morgan fingerprint density at radius 3 is 2.72 bits per heavy atom. The summed E-state index contributed by atoms with van der Waals surface area (Å²) in [7, 11) is 0. The van der Waals surface area contributed by atoms with Crippen molar-refractivity contribution in [3.8, 4) is 0 Å². The second kappa shape index (κ2) is 5.87. The number of hydrogen-bond acceptors (Lipinski definition) is 6. The Hall–Kier alpha value is -1.54. The van der Waals surface area contributed by atoms with Crippen LogP contribution < -0.4 is 5.32 Å². The van der Waals surface area contributed by atoms with Crippen LogP contribution in [0.5, 0.6) is 0 Å². The first kappa shape index (κ1) is 14.5. The second-order valence-corrected chi connectivity index (χ2v) is 4.81. The van der Waals surface area contributed by atoms with E-state index in [1.807, 2.05) is 6.92 Å². The Balaban J connectivity index is 2.66. The van der Waals surface area contributed by atoms with E-state index in [1.165, 1.54) is 0 Å². The van der Waals surface area contributed by atoms with Gasteiger partial charge in [-0.2, -0.15) is 0 Å². The van der Waals surface area contributed by atoms with Crippen molar-refractivity contribution in [2.24, 2.45) is 0 Å². The van der Waals surface area contributed by atoms with Gasteiger partial charge in [0, 0.05) is 0 Å². The monoisotopic (exact) mass is 273 g/mol. The number of nitrogens with one attached hydrogen (secondary N) is 1. The number of nitrogens with zero attached hydrogens (tertiary/aromatic N) is 2. The van der Waals surface area contributed by atoms with Gasteiger partial charge in [0.15, 0.2) is 5.60 Å². The smallest absolute Gasteiger partial charge is 0.337 e. The maximum Gasteiger partial charge on any atom is 0.337 e. The third-order valence-corrected chi connectivity index (χ3v) is 3.07. The van der Waals surface area contributed by atoms with Crippen molar-refractivity contribution in [3.05, 3.63) is 10.6 Å². The minimum absolute atomic E-state index is 0.359. The lowest BCUT2D eigenvalue weighted by atomic mass is 10.1. The summed E-state index contributed by atoms with van der Waals surface area (Å²) < 4.78 is 3.69. The van der Waals surface area contributed by atoms with Crippen molar-refractivity contribution in [2.75, 3.05) is 6.54 Å². The van der Waals surface area contributed by atoms with Gasteiger partial charge < -0.3 is 15.5 Å². The molecule has 100 valence electrons. The van der Waals surface area contributed by atoms with Crippen LogP contribution in [0.2, 0.25) is 0 Å². The summed E-state index contributed by atoms with van der Waals surface area (Å²) in [4.78, 5) is 22.8. The van der Waals surface area contributed by atoms with E-state index in [1.54, 1.807) is 0 Å². The molecule has 0 radical (unpaired) electrons. The van der Waals surface area contributed by atoms with Gasteiger partial charge in [0.05, 0.1) is 12.2 Å². The SMILES string of the molecule is CCCc1nnsc1C(=O)NCC(C)(O)C(=O)O. The number of aliphatic carboxylic acids is 1. The maximum atomic E-state index is 11.8. The topological polar surface area (TPSA) is 112 Å². The molecule has 3 N–H and O–H groups in total. The van der Waals surface area contributed by atoms with E-state index in [2.05, 4.69) is 14.9 Å². The number of carboxylic acids is 1. The Bertz CT molecular complexity index is 444. The maximum absolute atomic E-state index is 11.8. The number of aromatic nitrogens is 2. The Labute approximate surface area is 108 Å². The number of carbonyl (C=O) groups excluding carboxylic acids is 1. The van der Waals surface area contributed by atoms with Gasteiger partial charge >= 0.3 is 5.97 Å². The van der Waals surface area contributed by atoms with Gasteiger partial charge in [-0.15, -0.1) is 5.10 Å². The number of amides is 1. The molecule has 0 spiro atoms. The van der Waals surface area contributed by atoms with Crippen LogP contribution in [0.15, 0.2) is 0 Å². The third-order valence-electron chi connectivity index (χ3n) is 2.30. The summed E-state index contributed by atoms with van der Waals surface area (Å²) >= 11 is 0.954. The number of carbonyl (C=O) groups is 2. The highest BCUT2D eigenvalue weighted by atomic mass is 32.1. The summed E-state index contributed by atoms with van der Waals surface area (Å²) in [6, 6.07) is 0. The Morgan fingerprint density at radius 1 is 1.50 bits per heavy atom. The van der Waals surface area contributed by atoms with Crippen molar-refractivity contribution >= 4 is 23.4 Å². The minimum atomic E-state index is -1.99. The van der Waals surface area contributed by atoms with Crippen molar-refractivity contribution in [1.29, 1.82) is 0 Å². The molecule has 1 unspecified atom stereocenters. The predicted molar refractivity (Wildman–Crippen MR) is 64.5 cm³/mol. The zero-order valence-electron chi connectivity index (χ0n) is 10.1. The largest absolute Gasteiger partial charge is 0.479 e. The van der Waals surface area contributed by atoms with Crippen LogP contribution >= 0.6 is 11.5 Å². The van der Waals surface area contributed by atoms with Crippen molar-refractivity contribution in [3.63, 3.8) is 0 Å². The Morgan fingerprint density at radius 2 is 2.17 bits per heavy atom. The van der Waals surface area contributed by atoms with Gasteiger partial charge in [0.2, 0.25) is 0 Å². The van der Waals surface area contributed by atoms with Crippen molar-refractivity contribution in [1.82, 2.24) is 14.9 Å². The molecule has 1 aromatic heterocycles. The molecule has 18 heavy (non-hydrogen) atoms. The molecule has 1 rings (SSSR count). The average molecular weight is 273 g/mol. The lowest BCUT2D eigenvalue weighted by Gasteiger charge is -2.17. The molecule has 0 fully saturated rings. The van der Waals surface area contributed by atoms with Crippen LogP contribution in [-0.4, -0.2) is 43.8 Å². The molecule has 0 bridgehead atoms. The first-order valence-corrected chi connectivity index (χ1v) is 6.21. The van der Waals surface area contributed by atoms with Crippen LogP contribution in [0.3, 0.4) is 0 Å². The van der Waals surface area contributed by atoms with Gasteiger partial charge in [-0.3, -0.25) is 4.79 Å². The molecule has 0 aliphatic heterocycles. The molecule has 8 heteroatoms. The first-order valence-electron chi connectivity index (χ1n) is 5.43. The second-order valence-electron chi connectivity index (χ2n) is 4.06. The van der Waals surface area contributed by atoms with Gasteiger partial charge in [-0.25, -0.2) is 4.79 Å². The van der Waals surface area contributed by atoms with E-state index in [9.17, 15) is 14.7 Å². The quantitative estimate of drug-likeness (QED) is 0.675. The summed E-state index contributed by atoms with van der Waals surface area (Å²) in [5.41, 5.74) is -1.39. The first-order chi connectivity index (χ1) is 8.38. The molecule has 0 aromatic carbocycles. The number of carboxylic acid groups (broad SMARTS) is 1. The normalized spacial score (nSPS) is 13.9. The fourth-order valence-corrected chi connectivity index (χ4v) is 1.81. The van der Waals surface area contributed by atoms with Crippen LogP contribution in [0.4, 0.5) is 0 Å². The molecular weight excluding hydrogens is 258 g/mol. The zero-order chi connectivity index (χ0) is 13.8. The highest BCUT2D eigenvalue weighted by Gasteiger charge is 2.31. The molecule has 0 saturated heterocycles. The summed E-state index contributed by atoms with van der Waals surface area (Å²) in [5, 5.41) is 24.4. The lowest BCUT2D eigenvalue weighted by Crippen LogP contribution is -2.46. The van der Waals surface area contributed by atoms with E-state index >= 15 is 0 Å². The Kier molecular flexibility index (Phi) is 4.74. The van der Waals surface area contributed by atoms with Crippen LogP contribution in [0.1, 0.15) is 35.6 Å².